The molecule has 98 valence electrons. The Morgan fingerprint density at radius 1 is 1.56 bits per heavy atom. The van der Waals surface area contributed by atoms with E-state index in [1.165, 1.54) is 4.90 Å². The number of rotatable bonds is 4. The Labute approximate surface area is 107 Å². The van der Waals surface area contributed by atoms with Crippen LogP contribution in [0.25, 0.3) is 0 Å². The summed E-state index contributed by atoms with van der Waals surface area (Å²) >= 11 is 0. The number of anilines is 1. The van der Waals surface area contributed by atoms with E-state index >= 15 is 0 Å². The lowest BCUT2D eigenvalue weighted by Crippen LogP contribution is -2.22. The molecule has 2 heterocycles. The molecule has 1 aromatic heterocycles. The van der Waals surface area contributed by atoms with Crippen LogP contribution >= 0.6 is 0 Å². The SMILES string of the molecule is CN(C)C(=O)c1ccc(NCC2CCCO2)nc1. The molecule has 1 saturated heterocycles. The molecule has 2 rings (SSSR count). The summed E-state index contributed by atoms with van der Waals surface area (Å²) in [5.74, 6) is 0.744. The number of aromatic nitrogens is 1. The third-order valence-corrected chi connectivity index (χ3v) is 2.95. The van der Waals surface area contributed by atoms with Gasteiger partial charge in [0.2, 0.25) is 0 Å². The van der Waals surface area contributed by atoms with Crippen molar-refractivity contribution in [3.8, 4) is 0 Å². The first-order chi connectivity index (χ1) is 8.66. The maximum absolute atomic E-state index is 11.7. The Hall–Kier alpha value is -1.62. The highest BCUT2D eigenvalue weighted by molar-refractivity contribution is 5.93. The standard InChI is InChI=1S/C13H19N3O2/c1-16(2)13(17)10-5-6-12(14-8-10)15-9-11-4-3-7-18-11/h5-6,8,11H,3-4,7,9H2,1-2H3,(H,14,15). The van der Waals surface area contributed by atoms with Crippen molar-refractivity contribution in [1.82, 2.24) is 9.88 Å². The maximum Gasteiger partial charge on any atom is 0.254 e. The lowest BCUT2D eigenvalue weighted by Gasteiger charge is -2.12. The van der Waals surface area contributed by atoms with Crippen molar-refractivity contribution in [2.24, 2.45) is 0 Å². The molecule has 1 atom stereocenters. The molecule has 1 N–H and O–H groups in total. The molecule has 0 radical (unpaired) electrons. The molecule has 5 heteroatoms. The molecule has 18 heavy (non-hydrogen) atoms. The third-order valence-electron chi connectivity index (χ3n) is 2.95. The predicted octanol–water partition coefficient (Wildman–Crippen LogP) is 1.37. The van der Waals surface area contributed by atoms with Crippen molar-refractivity contribution < 1.29 is 9.53 Å². The van der Waals surface area contributed by atoms with Crippen LogP contribution in [0.5, 0.6) is 0 Å². The number of nitrogens with one attached hydrogen (secondary N) is 1. The molecule has 1 aromatic rings. The highest BCUT2D eigenvalue weighted by Crippen LogP contribution is 2.13. The highest BCUT2D eigenvalue weighted by atomic mass is 16.5. The number of hydrogen-bond donors (Lipinski definition) is 1. The lowest BCUT2D eigenvalue weighted by molar-refractivity contribution is 0.0827. The molecule has 0 bridgehead atoms. The molecule has 0 aromatic carbocycles. The van der Waals surface area contributed by atoms with Gasteiger partial charge in [-0.2, -0.15) is 0 Å². The maximum atomic E-state index is 11.7. The zero-order chi connectivity index (χ0) is 13.0. The molecule has 1 fully saturated rings. The average molecular weight is 249 g/mol. The number of pyridine rings is 1. The first-order valence-electron chi connectivity index (χ1n) is 6.20. The summed E-state index contributed by atoms with van der Waals surface area (Å²) in [5.41, 5.74) is 0.600. The third kappa shape index (κ3) is 3.20. The van der Waals surface area contributed by atoms with E-state index in [2.05, 4.69) is 10.3 Å². The van der Waals surface area contributed by atoms with E-state index in [4.69, 9.17) is 4.74 Å². The molecule has 0 saturated carbocycles. The summed E-state index contributed by atoms with van der Waals surface area (Å²) in [4.78, 5) is 17.4. The van der Waals surface area contributed by atoms with Gasteiger partial charge in [-0.25, -0.2) is 4.98 Å². The van der Waals surface area contributed by atoms with Crippen molar-refractivity contribution >= 4 is 11.7 Å². The van der Waals surface area contributed by atoms with Gasteiger partial charge in [-0.05, 0) is 25.0 Å². The van der Waals surface area contributed by atoms with E-state index in [0.717, 1.165) is 31.8 Å². The number of nitrogens with zero attached hydrogens (tertiary/aromatic N) is 2. The quantitative estimate of drug-likeness (QED) is 0.875. The molecule has 1 aliphatic rings. The molecule has 1 aliphatic heterocycles. The molecule has 1 amide bonds. The lowest BCUT2D eigenvalue weighted by atomic mass is 10.2. The Balaban J connectivity index is 1.89. The Bertz CT molecular complexity index is 397. The van der Waals surface area contributed by atoms with Gasteiger partial charge in [0.05, 0.1) is 11.7 Å². The van der Waals surface area contributed by atoms with E-state index in [0.29, 0.717) is 5.56 Å². The molecule has 1 unspecified atom stereocenters. The van der Waals surface area contributed by atoms with Gasteiger partial charge in [-0.3, -0.25) is 4.79 Å². The summed E-state index contributed by atoms with van der Waals surface area (Å²) < 4.78 is 5.52. The number of ether oxygens (including phenoxy) is 1. The van der Waals surface area contributed by atoms with Crippen LogP contribution in [-0.2, 0) is 4.74 Å². The average Bonchev–Trinajstić information content (AvgIpc) is 2.89. The van der Waals surface area contributed by atoms with Crippen LogP contribution in [0.1, 0.15) is 23.2 Å². The minimum Gasteiger partial charge on any atom is -0.376 e. The highest BCUT2D eigenvalue weighted by Gasteiger charge is 2.15. The van der Waals surface area contributed by atoms with Gasteiger partial charge in [0.25, 0.3) is 5.91 Å². The number of hydrogen-bond acceptors (Lipinski definition) is 4. The predicted molar refractivity (Wildman–Crippen MR) is 69.7 cm³/mol. The van der Waals surface area contributed by atoms with Gasteiger partial charge in [0.1, 0.15) is 5.82 Å². The summed E-state index contributed by atoms with van der Waals surface area (Å²) in [6.07, 6.45) is 4.12. The zero-order valence-corrected chi connectivity index (χ0v) is 10.8. The normalized spacial score (nSPS) is 18.7. The van der Waals surface area contributed by atoms with Crippen LogP contribution in [0.4, 0.5) is 5.82 Å². The van der Waals surface area contributed by atoms with Crippen LogP contribution in [0.15, 0.2) is 18.3 Å². The van der Waals surface area contributed by atoms with E-state index in [9.17, 15) is 4.79 Å². The van der Waals surface area contributed by atoms with Crippen molar-refractivity contribution in [1.29, 1.82) is 0 Å². The summed E-state index contributed by atoms with van der Waals surface area (Å²) in [7, 11) is 3.46. The zero-order valence-electron chi connectivity index (χ0n) is 10.8. The van der Waals surface area contributed by atoms with Crippen LogP contribution in [0.3, 0.4) is 0 Å². The minimum absolute atomic E-state index is 0.0341. The van der Waals surface area contributed by atoms with Crippen LogP contribution in [0, 0.1) is 0 Å². The number of carbonyl (C=O) groups is 1. The van der Waals surface area contributed by atoms with Gasteiger partial charge >= 0.3 is 0 Å². The van der Waals surface area contributed by atoms with Crippen molar-refractivity contribution in [2.45, 2.75) is 18.9 Å². The summed E-state index contributed by atoms with van der Waals surface area (Å²) in [5, 5.41) is 3.22. The number of carbonyl (C=O) groups excluding carboxylic acids is 1. The fourth-order valence-corrected chi connectivity index (χ4v) is 1.91. The van der Waals surface area contributed by atoms with E-state index < -0.39 is 0 Å². The summed E-state index contributed by atoms with van der Waals surface area (Å²) in [6, 6.07) is 3.61. The van der Waals surface area contributed by atoms with Gasteiger partial charge in [0.15, 0.2) is 0 Å². The van der Waals surface area contributed by atoms with E-state index in [1.807, 2.05) is 6.07 Å². The second kappa shape index (κ2) is 5.82. The number of amides is 1. The topological polar surface area (TPSA) is 54.5 Å². The van der Waals surface area contributed by atoms with Crippen LogP contribution < -0.4 is 5.32 Å². The van der Waals surface area contributed by atoms with Gasteiger partial charge in [-0.1, -0.05) is 0 Å². The van der Waals surface area contributed by atoms with Crippen molar-refractivity contribution in [3.05, 3.63) is 23.9 Å². The summed E-state index contributed by atoms with van der Waals surface area (Å²) in [6.45, 7) is 1.63. The van der Waals surface area contributed by atoms with Gasteiger partial charge in [0, 0.05) is 33.4 Å². The van der Waals surface area contributed by atoms with Crippen molar-refractivity contribution in [3.63, 3.8) is 0 Å². The van der Waals surface area contributed by atoms with Crippen LogP contribution in [0.2, 0.25) is 0 Å². The Morgan fingerprint density at radius 2 is 2.39 bits per heavy atom. The Morgan fingerprint density at radius 3 is 2.94 bits per heavy atom. The molecular formula is C13H19N3O2. The molecule has 5 nitrogen and oxygen atoms in total. The Kier molecular flexibility index (Phi) is 4.15. The van der Waals surface area contributed by atoms with Gasteiger partial charge in [-0.15, -0.1) is 0 Å². The molecule has 0 aliphatic carbocycles. The molecule has 0 spiro atoms. The second-order valence-corrected chi connectivity index (χ2v) is 4.65. The minimum atomic E-state index is -0.0341. The van der Waals surface area contributed by atoms with E-state index in [1.54, 1.807) is 26.4 Å². The fourth-order valence-electron chi connectivity index (χ4n) is 1.91. The molecular weight excluding hydrogens is 230 g/mol. The monoisotopic (exact) mass is 249 g/mol. The van der Waals surface area contributed by atoms with Gasteiger partial charge < -0.3 is 15.0 Å². The van der Waals surface area contributed by atoms with Crippen LogP contribution in [-0.4, -0.2) is 49.1 Å². The smallest absolute Gasteiger partial charge is 0.254 e. The van der Waals surface area contributed by atoms with Crippen molar-refractivity contribution in [2.75, 3.05) is 32.6 Å². The largest absolute Gasteiger partial charge is 0.376 e. The second-order valence-electron chi connectivity index (χ2n) is 4.65. The first kappa shape index (κ1) is 12.8. The first-order valence-corrected chi connectivity index (χ1v) is 6.20. The van der Waals surface area contributed by atoms with E-state index in [-0.39, 0.29) is 12.0 Å². The fraction of sp³-hybridized carbons (Fsp3) is 0.538.